The first kappa shape index (κ1) is 55.8. The highest BCUT2D eigenvalue weighted by molar-refractivity contribution is 7.45. The number of likely N-dealkylation sites (N-methyl/N-ethyl adjacent to an activating group) is 1. The number of allylic oxidation sites excluding steroid dienone is 2. The number of rotatable bonds is 44. The molecule has 0 aliphatic rings. The van der Waals surface area contributed by atoms with Crippen molar-refractivity contribution in [3.8, 4) is 0 Å². The molecule has 0 spiro atoms. The highest BCUT2D eigenvalue weighted by atomic mass is 31.2. The molecule has 0 saturated heterocycles. The predicted molar refractivity (Wildman–Crippen MR) is 236 cm³/mol. The van der Waals surface area contributed by atoms with Crippen LogP contribution in [0.25, 0.3) is 0 Å². The fourth-order valence-electron chi connectivity index (χ4n) is 6.78. The quantitative estimate of drug-likeness (QED) is 0.0196. The van der Waals surface area contributed by atoms with E-state index in [1.54, 1.807) is 0 Å². The molecule has 0 aromatic rings. The Kier molecular flexibility index (Phi) is 39.3. The maximum atomic E-state index is 12.7. The van der Waals surface area contributed by atoms with Crippen molar-refractivity contribution in [2.75, 3.05) is 47.5 Å². The maximum absolute atomic E-state index is 12.7. The summed E-state index contributed by atoms with van der Waals surface area (Å²) in [6.07, 6.45) is 42.6. The van der Waals surface area contributed by atoms with Gasteiger partial charge in [0.1, 0.15) is 19.8 Å². The molecule has 338 valence electrons. The van der Waals surface area contributed by atoms with Gasteiger partial charge in [-0.05, 0) is 32.1 Å². The zero-order chi connectivity index (χ0) is 42.1. The Morgan fingerprint density at radius 2 is 0.912 bits per heavy atom. The molecular formula is C47H92NO8P. The van der Waals surface area contributed by atoms with Crippen LogP contribution in [0.15, 0.2) is 12.2 Å². The van der Waals surface area contributed by atoms with E-state index in [0.29, 0.717) is 17.4 Å². The van der Waals surface area contributed by atoms with Gasteiger partial charge in [-0.25, -0.2) is 0 Å². The van der Waals surface area contributed by atoms with Crippen LogP contribution in [-0.2, 0) is 32.7 Å². The summed E-state index contributed by atoms with van der Waals surface area (Å²) in [5.41, 5.74) is 0. The van der Waals surface area contributed by atoms with E-state index in [1.807, 2.05) is 21.1 Å². The molecule has 1 unspecified atom stereocenters. The summed E-state index contributed by atoms with van der Waals surface area (Å²) in [6, 6.07) is 0. The third-order valence-corrected chi connectivity index (χ3v) is 11.5. The second-order valence-corrected chi connectivity index (χ2v) is 18.9. The first-order valence-corrected chi connectivity index (χ1v) is 25.4. The maximum Gasteiger partial charge on any atom is 0.306 e. The molecule has 0 amide bonds. The first-order chi connectivity index (χ1) is 27.5. The van der Waals surface area contributed by atoms with Gasteiger partial charge in [0.15, 0.2) is 6.10 Å². The summed E-state index contributed by atoms with van der Waals surface area (Å²) in [7, 11) is 1.16. The minimum atomic E-state index is -4.62. The molecular weight excluding hydrogens is 737 g/mol. The predicted octanol–water partition coefficient (Wildman–Crippen LogP) is 13.1. The van der Waals surface area contributed by atoms with E-state index in [1.165, 1.54) is 161 Å². The third-order valence-electron chi connectivity index (χ3n) is 10.5. The molecule has 0 fully saturated rings. The van der Waals surface area contributed by atoms with Gasteiger partial charge in [-0.3, -0.25) is 14.2 Å². The van der Waals surface area contributed by atoms with E-state index >= 15 is 0 Å². The van der Waals surface area contributed by atoms with Crippen LogP contribution in [0.5, 0.6) is 0 Å². The Labute approximate surface area is 352 Å². The number of carbonyl (C=O) groups excluding carboxylic acids is 2. The van der Waals surface area contributed by atoms with Crippen molar-refractivity contribution in [3.63, 3.8) is 0 Å². The van der Waals surface area contributed by atoms with Gasteiger partial charge in [0.05, 0.1) is 27.7 Å². The Morgan fingerprint density at radius 3 is 1.35 bits per heavy atom. The normalized spacial score (nSPS) is 13.6. The van der Waals surface area contributed by atoms with Crippen LogP contribution in [0, 0.1) is 0 Å². The molecule has 2 atom stereocenters. The Morgan fingerprint density at radius 1 is 0.526 bits per heavy atom. The number of phosphoric acid groups is 1. The lowest BCUT2D eigenvalue weighted by Gasteiger charge is -2.28. The molecule has 0 radical (unpaired) electrons. The number of unbranched alkanes of at least 4 members (excludes halogenated alkanes) is 28. The number of hydrogen-bond acceptors (Lipinski definition) is 8. The van der Waals surface area contributed by atoms with Crippen LogP contribution in [0.1, 0.15) is 226 Å². The van der Waals surface area contributed by atoms with Crippen LogP contribution >= 0.6 is 7.82 Å². The highest BCUT2D eigenvalue weighted by Crippen LogP contribution is 2.38. The number of phosphoric ester groups is 1. The smallest absolute Gasteiger partial charge is 0.306 e. The van der Waals surface area contributed by atoms with Crippen molar-refractivity contribution in [1.29, 1.82) is 0 Å². The van der Waals surface area contributed by atoms with E-state index in [9.17, 15) is 19.0 Å². The van der Waals surface area contributed by atoms with Crippen molar-refractivity contribution in [2.24, 2.45) is 0 Å². The lowest BCUT2D eigenvalue weighted by molar-refractivity contribution is -0.870. The van der Waals surface area contributed by atoms with Crippen molar-refractivity contribution < 1.29 is 42.1 Å². The monoisotopic (exact) mass is 830 g/mol. The molecule has 0 aromatic carbocycles. The summed E-state index contributed by atoms with van der Waals surface area (Å²) in [5.74, 6) is -0.863. The highest BCUT2D eigenvalue weighted by Gasteiger charge is 2.21. The number of quaternary nitrogens is 1. The van der Waals surface area contributed by atoms with Gasteiger partial charge in [-0.1, -0.05) is 193 Å². The van der Waals surface area contributed by atoms with E-state index in [0.717, 1.165) is 32.1 Å². The standard InChI is InChI=1S/C47H92NO8P/c1-6-8-10-12-14-16-18-19-20-21-22-23-24-25-26-27-28-29-30-32-34-36-38-40-47(50)56-45(44-55-57(51,52)54-42-41-48(3,4)5)43-53-46(49)39-37-35-33-31-17-15-13-11-9-7-2/h32,34,45H,6-31,33,35-44H2,1-5H3/b34-32+/t45-/m1/s1. The van der Waals surface area contributed by atoms with E-state index in [-0.39, 0.29) is 32.0 Å². The zero-order valence-electron chi connectivity index (χ0n) is 38.1. The molecule has 0 aromatic heterocycles. The largest absolute Gasteiger partial charge is 0.756 e. The molecule has 0 bridgehead atoms. The fourth-order valence-corrected chi connectivity index (χ4v) is 7.51. The second kappa shape index (κ2) is 40.2. The molecule has 0 heterocycles. The molecule has 0 aliphatic heterocycles. The minimum absolute atomic E-state index is 0.0321. The Bertz CT molecular complexity index is 985. The SMILES string of the molecule is CCCCCCCCCCCCCCCCCCCC/C=C/CCCC(=O)O[C@H](COC(=O)CCCCCCCCCCCC)COP(=O)([O-])OCC[N+](C)(C)C. The molecule has 10 heteroatoms. The first-order valence-electron chi connectivity index (χ1n) is 23.9. The van der Waals surface area contributed by atoms with Gasteiger partial charge >= 0.3 is 11.9 Å². The van der Waals surface area contributed by atoms with Gasteiger partial charge in [0.25, 0.3) is 7.82 Å². The van der Waals surface area contributed by atoms with Gasteiger partial charge in [0.2, 0.25) is 0 Å². The number of hydrogen-bond donors (Lipinski definition) is 0. The average molecular weight is 830 g/mol. The van der Waals surface area contributed by atoms with Crippen molar-refractivity contribution >= 4 is 19.8 Å². The summed E-state index contributed by atoms with van der Waals surface area (Å²) in [6.45, 7) is 4.21. The van der Waals surface area contributed by atoms with Crippen molar-refractivity contribution in [2.45, 2.75) is 232 Å². The van der Waals surface area contributed by atoms with E-state index < -0.39 is 26.5 Å². The molecule has 9 nitrogen and oxygen atoms in total. The number of nitrogens with zero attached hydrogens (tertiary/aromatic N) is 1. The van der Waals surface area contributed by atoms with Gasteiger partial charge in [0, 0.05) is 12.8 Å². The van der Waals surface area contributed by atoms with Gasteiger partial charge < -0.3 is 27.9 Å². The van der Waals surface area contributed by atoms with Crippen LogP contribution < -0.4 is 4.89 Å². The topological polar surface area (TPSA) is 111 Å². The van der Waals surface area contributed by atoms with Gasteiger partial charge in [-0.2, -0.15) is 0 Å². The average Bonchev–Trinajstić information content (AvgIpc) is 3.16. The summed E-state index contributed by atoms with van der Waals surface area (Å²) >= 11 is 0. The van der Waals surface area contributed by atoms with Crippen molar-refractivity contribution in [3.05, 3.63) is 12.2 Å². The van der Waals surface area contributed by atoms with E-state index in [2.05, 4.69) is 26.0 Å². The zero-order valence-corrected chi connectivity index (χ0v) is 38.9. The number of ether oxygens (including phenoxy) is 2. The van der Waals surface area contributed by atoms with E-state index in [4.69, 9.17) is 18.5 Å². The molecule has 57 heavy (non-hydrogen) atoms. The molecule has 0 N–H and O–H groups in total. The van der Waals surface area contributed by atoms with Crippen LogP contribution in [0.2, 0.25) is 0 Å². The lowest BCUT2D eigenvalue weighted by atomic mass is 10.0. The minimum Gasteiger partial charge on any atom is -0.756 e. The van der Waals surface area contributed by atoms with Gasteiger partial charge in [-0.15, -0.1) is 0 Å². The van der Waals surface area contributed by atoms with Crippen molar-refractivity contribution in [1.82, 2.24) is 0 Å². The summed E-state index contributed by atoms with van der Waals surface area (Å²) in [4.78, 5) is 37.5. The lowest BCUT2D eigenvalue weighted by Crippen LogP contribution is -2.37. The van der Waals surface area contributed by atoms with Crippen LogP contribution in [0.3, 0.4) is 0 Å². The Balaban J connectivity index is 4.20. The fraction of sp³-hybridized carbons (Fsp3) is 0.915. The van der Waals surface area contributed by atoms with Crippen LogP contribution in [-0.4, -0.2) is 70.0 Å². The summed E-state index contributed by atoms with van der Waals surface area (Å²) in [5, 5.41) is 0. The summed E-state index contributed by atoms with van der Waals surface area (Å²) < 4.78 is 33.9. The Hall–Kier alpha value is -1.25. The number of esters is 2. The van der Waals surface area contributed by atoms with Crippen LogP contribution in [0.4, 0.5) is 0 Å². The second-order valence-electron chi connectivity index (χ2n) is 17.5. The number of carbonyl (C=O) groups is 2. The molecule has 0 rings (SSSR count). The third kappa shape index (κ3) is 44.1. The molecule has 0 saturated carbocycles. The molecule has 0 aliphatic carbocycles.